The van der Waals surface area contributed by atoms with Gasteiger partial charge in [-0.15, -0.1) is 0 Å². The van der Waals surface area contributed by atoms with Crippen LogP contribution in [0.4, 0.5) is 0 Å². The molecule has 1 saturated carbocycles. The predicted molar refractivity (Wildman–Crippen MR) is 77.3 cm³/mol. The molecule has 0 spiro atoms. The molecule has 94 valence electrons. The summed E-state index contributed by atoms with van der Waals surface area (Å²) in [5.74, 6) is 0.897. The van der Waals surface area contributed by atoms with Crippen molar-refractivity contribution in [3.05, 3.63) is 34.9 Å². The minimum atomic E-state index is 0. The van der Waals surface area contributed by atoms with E-state index in [-0.39, 0.29) is 7.43 Å². The molecule has 0 bridgehead atoms. The van der Waals surface area contributed by atoms with Crippen LogP contribution in [-0.2, 0) is 0 Å². The van der Waals surface area contributed by atoms with Gasteiger partial charge in [-0.1, -0.05) is 64.4 Å². The van der Waals surface area contributed by atoms with Crippen molar-refractivity contribution in [3.8, 4) is 0 Å². The van der Waals surface area contributed by atoms with E-state index < -0.39 is 0 Å². The number of hydrogen-bond donors (Lipinski definition) is 0. The van der Waals surface area contributed by atoms with Gasteiger partial charge in [0.05, 0.1) is 0 Å². The Balaban J connectivity index is 0. The fraction of sp³-hybridized carbons (Fsp3) is 0.625. The molecule has 2 rings (SSSR count). The third kappa shape index (κ3) is 5.95. The van der Waals surface area contributed by atoms with Gasteiger partial charge in [0.15, 0.2) is 0 Å². The van der Waals surface area contributed by atoms with Crippen LogP contribution in [0, 0.1) is 13.8 Å². The third-order valence-electron chi connectivity index (χ3n) is 2.29. The van der Waals surface area contributed by atoms with Gasteiger partial charge in [-0.05, 0) is 38.2 Å². The maximum Gasteiger partial charge on any atom is -0.0161 e. The normalized spacial score (nSPS) is 12.4. The molecule has 0 aromatic heterocycles. The number of aryl methyl sites for hydroxylation is 2. The minimum absolute atomic E-state index is 0. The van der Waals surface area contributed by atoms with Crippen molar-refractivity contribution in [2.75, 3.05) is 0 Å². The van der Waals surface area contributed by atoms with Crippen molar-refractivity contribution < 1.29 is 0 Å². The molecule has 1 fully saturated rings. The van der Waals surface area contributed by atoms with Crippen LogP contribution in [0.3, 0.4) is 0 Å². The van der Waals surface area contributed by atoms with Gasteiger partial charge in [0.25, 0.3) is 0 Å². The van der Waals surface area contributed by atoms with E-state index in [0.29, 0.717) is 0 Å². The Labute approximate surface area is 103 Å². The molecular formula is C16H30. The molecule has 0 unspecified atom stereocenters. The lowest BCUT2D eigenvalue weighted by Crippen LogP contribution is -1.83. The Morgan fingerprint density at radius 1 is 0.812 bits per heavy atom. The van der Waals surface area contributed by atoms with Crippen LogP contribution < -0.4 is 0 Å². The summed E-state index contributed by atoms with van der Waals surface area (Å²) < 4.78 is 0. The molecule has 0 aliphatic heterocycles. The molecule has 0 heterocycles. The van der Waals surface area contributed by atoms with E-state index in [1.165, 1.54) is 24.0 Å². The Bertz CT molecular complexity index is 249. The molecule has 0 amide bonds. The molecule has 0 atom stereocenters. The van der Waals surface area contributed by atoms with Crippen LogP contribution in [0.15, 0.2) is 18.2 Å². The molecule has 0 heteroatoms. The fourth-order valence-electron chi connectivity index (χ4n) is 1.66. The van der Waals surface area contributed by atoms with E-state index in [9.17, 15) is 0 Å². The van der Waals surface area contributed by atoms with Gasteiger partial charge in [0, 0.05) is 0 Å². The van der Waals surface area contributed by atoms with Gasteiger partial charge in [-0.25, -0.2) is 0 Å². The average Bonchev–Trinajstić information content (AvgIpc) is 3.06. The zero-order chi connectivity index (χ0) is 11.8. The van der Waals surface area contributed by atoms with Gasteiger partial charge in [0.2, 0.25) is 0 Å². The van der Waals surface area contributed by atoms with Gasteiger partial charge in [-0.2, -0.15) is 0 Å². The molecule has 1 aliphatic carbocycles. The van der Waals surface area contributed by atoms with Crippen LogP contribution in [-0.4, -0.2) is 0 Å². The molecule has 0 nitrogen and oxygen atoms in total. The summed E-state index contributed by atoms with van der Waals surface area (Å²) in [6.07, 6.45) is 2.81. The maximum atomic E-state index is 2.32. The van der Waals surface area contributed by atoms with Crippen molar-refractivity contribution in [1.82, 2.24) is 0 Å². The van der Waals surface area contributed by atoms with E-state index in [1.807, 2.05) is 27.7 Å². The number of benzene rings is 1. The summed E-state index contributed by atoms with van der Waals surface area (Å²) in [6.45, 7) is 12.4. The topological polar surface area (TPSA) is 0 Å². The summed E-state index contributed by atoms with van der Waals surface area (Å²) in [4.78, 5) is 0. The predicted octanol–water partition coefficient (Wildman–Crippen LogP) is 5.87. The second-order valence-electron chi connectivity index (χ2n) is 3.70. The zero-order valence-corrected chi connectivity index (χ0v) is 11.2. The van der Waals surface area contributed by atoms with E-state index in [0.717, 1.165) is 5.92 Å². The van der Waals surface area contributed by atoms with Crippen molar-refractivity contribution in [1.29, 1.82) is 0 Å². The molecule has 1 aliphatic rings. The first-order valence-electron chi connectivity index (χ1n) is 6.34. The van der Waals surface area contributed by atoms with Crippen LogP contribution in [0.2, 0.25) is 0 Å². The van der Waals surface area contributed by atoms with E-state index in [1.54, 1.807) is 5.56 Å². The Kier molecular flexibility index (Phi) is 10.4. The van der Waals surface area contributed by atoms with Crippen molar-refractivity contribution in [2.24, 2.45) is 0 Å². The van der Waals surface area contributed by atoms with Crippen molar-refractivity contribution in [2.45, 2.75) is 67.7 Å². The second kappa shape index (κ2) is 9.45. The molecule has 1 aromatic carbocycles. The van der Waals surface area contributed by atoms with Crippen LogP contribution >= 0.6 is 0 Å². The van der Waals surface area contributed by atoms with E-state index >= 15 is 0 Å². The molecule has 0 N–H and O–H groups in total. The number of rotatable bonds is 1. The lowest BCUT2D eigenvalue weighted by molar-refractivity contribution is 1.11. The summed E-state index contributed by atoms with van der Waals surface area (Å²) >= 11 is 0. The lowest BCUT2D eigenvalue weighted by atomic mass is 10.0. The first-order chi connectivity index (χ1) is 7.25. The first-order valence-corrected chi connectivity index (χ1v) is 6.34. The van der Waals surface area contributed by atoms with Gasteiger partial charge in [0.1, 0.15) is 0 Å². The monoisotopic (exact) mass is 222 g/mol. The molecule has 16 heavy (non-hydrogen) atoms. The Hall–Kier alpha value is -0.780. The highest BCUT2D eigenvalue weighted by atomic mass is 14.3. The second-order valence-corrected chi connectivity index (χ2v) is 3.70. The highest BCUT2D eigenvalue weighted by Gasteiger charge is 2.23. The largest absolute Gasteiger partial charge is 0.0776 e. The average molecular weight is 222 g/mol. The molecule has 1 aromatic rings. The SMILES string of the molecule is C.CC.CC.Cc1cc(C)cc(C2CC2)c1. The van der Waals surface area contributed by atoms with Crippen LogP contribution in [0.5, 0.6) is 0 Å². The van der Waals surface area contributed by atoms with Gasteiger partial charge < -0.3 is 0 Å². The fourth-order valence-corrected chi connectivity index (χ4v) is 1.66. The summed E-state index contributed by atoms with van der Waals surface area (Å²) in [7, 11) is 0. The standard InChI is InChI=1S/C11H14.2C2H6.CH4/c1-8-5-9(2)7-11(6-8)10-3-4-10;2*1-2;/h5-7,10H,3-4H2,1-2H3;2*1-2H3;1H4. The van der Waals surface area contributed by atoms with Crippen LogP contribution in [0.1, 0.15) is 70.6 Å². The minimum Gasteiger partial charge on any atom is -0.0776 e. The summed E-state index contributed by atoms with van der Waals surface area (Å²) in [6, 6.07) is 6.89. The summed E-state index contributed by atoms with van der Waals surface area (Å²) in [5, 5.41) is 0. The molecule has 0 radical (unpaired) electrons. The van der Waals surface area contributed by atoms with Crippen molar-refractivity contribution >= 4 is 0 Å². The highest BCUT2D eigenvalue weighted by Crippen LogP contribution is 2.40. The quantitative estimate of drug-likeness (QED) is 0.557. The maximum absolute atomic E-state index is 2.32. The van der Waals surface area contributed by atoms with Crippen LogP contribution in [0.25, 0.3) is 0 Å². The van der Waals surface area contributed by atoms with Gasteiger partial charge in [-0.3, -0.25) is 0 Å². The van der Waals surface area contributed by atoms with Gasteiger partial charge >= 0.3 is 0 Å². The smallest absolute Gasteiger partial charge is 0.0161 e. The number of hydrogen-bond acceptors (Lipinski definition) is 0. The third-order valence-corrected chi connectivity index (χ3v) is 2.29. The Morgan fingerprint density at radius 3 is 1.50 bits per heavy atom. The van der Waals surface area contributed by atoms with E-state index in [4.69, 9.17) is 0 Å². The molecular weight excluding hydrogens is 192 g/mol. The highest BCUT2D eigenvalue weighted by molar-refractivity contribution is 5.32. The first kappa shape index (κ1) is 17.6. The zero-order valence-electron chi connectivity index (χ0n) is 11.2. The van der Waals surface area contributed by atoms with E-state index in [2.05, 4.69) is 32.0 Å². The van der Waals surface area contributed by atoms with Crippen molar-refractivity contribution in [3.63, 3.8) is 0 Å². The Morgan fingerprint density at radius 2 is 1.19 bits per heavy atom. The summed E-state index contributed by atoms with van der Waals surface area (Å²) in [5.41, 5.74) is 4.38. The molecule has 0 saturated heterocycles. The lowest BCUT2D eigenvalue weighted by Gasteiger charge is -2.01.